The summed E-state index contributed by atoms with van der Waals surface area (Å²) in [4.78, 5) is 17.0. The van der Waals surface area contributed by atoms with E-state index in [4.69, 9.17) is 5.11 Å². The van der Waals surface area contributed by atoms with E-state index >= 15 is 0 Å². The smallest absolute Gasteiger partial charge is 0.356 e. The highest BCUT2D eigenvalue weighted by atomic mass is 16.4. The number of aromatic carboxylic acids is 1. The van der Waals surface area contributed by atoms with Crippen molar-refractivity contribution in [1.29, 1.82) is 0 Å². The summed E-state index contributed by atoms with van der Waals surface area (Å²) in [5, 5.41) is 8.50. The largest absolute Gasteiger partial charge is 0.476 e. The van der Waals surface area contributed by atoms with Gasteiger partial charge in [-0.25, -0.2) is 9.78 Å². The lowest BCUT2D eigenvalue weighted by Gasteiger charge is -1.95. The first-order chi connectivity index (χ1) is 5.11. The number of carboxylic acids is 1. The van der Waals surface area contributed by atoms with Gasteiger partial charge in [-0.3, -0.25) is 0 Å². The van der Waals surface area contributed by atoms with E-state index in [0.29, 0.717) is 5.82 Å². The average Bonchev–Trinajstić information content (AvgIpc) is 2.33. The standard InChI is InChI=1S/C7H10N2O2/c1-4(2)6-8-3-5(9-6)7(10)11/h3-4H,1-2H3,(H,8,9)(H,10,11). The highest BCUT2D eigenvalue weighted by Crippen LogP contribution is 2.08. The molecule has 0 radical (unpaired) electrons. The Bertz CT molecular complexity index is 265. The molecule has 0 aliphatic heterocycles. The Kier molecular flexibility index (Phi) is 1.94. The molecule has 0 aromatic carbocycles. The molecule has 60 valence electrons. The molecule has 4 nitrogen and oxygen atoms in total. The van der Waals surface area contributed by atoms with E-state index in [0.717, 1.165) is 0 Å². The highest BCUT2D eigenvalue weighted by molar-refractivity contribution is 5.85. The zero-order valence-electron chi connectivity index (χ0n) is 6.46. The molecule has 0 saturated heterocycles. The lowest BCUT2D eigenvalue weighted by molar-refractivity contribution is 0.0691. The Morgan fingerprint density at radius 1 is 1.73 bits per heavy atom. The van der Waals surface area contributed by atoms with Gasteiger partial charge >= 0.3 is 5.97 Å². The fraction of sp³-hybridized carbons (Fsp3) is 0.429. The molecule has 0 bridgehead atoms. The molecular formula is C7H10N2O2. The first-order valence-corrected chi connectivity index (χ1v) is 3.40. The first-order valence-electron chi connectivity index (χ1n) is 3.40. The molecule has 1 aromatic heterocycles. The molecule has 0 fully saturated rings. The van der Waals surface area contributed by atoms with Crippen LogP contribution in [0.1, 0.15) is 36.1 Å². The van der Waals surface area contributed by atoms with Gasteiger partial charge in [-0.15, -0.1) is 0 Å². The predicted octanol–water partition coefficient (Wildman–Crippen LogP) is 1.23. The molecule has 0 spiro atoms. The van der Waals surface area contributed by atoms with Gasteiger partial charge in [-0.1, -0.05) is 13.8 Å². The van der Waals surface area contributed by atoms with E-state index in [2.05, 4.69) is 9.97 Å². The fourth-order valence-electron chi connectivity index (χ4n) is 0.742. The van der Waals surface area contributed by atoms with Gasteiger partial charge in [0.05, 0.1) is 0 Å². The normalized spacial score (nSPS) is 10.5. The monoisotopic (exact) mass is 154 g/mol. The van der Waals surface area contributed by atoms with E-state index in [1.807, 2.05) is 13.8 Å². The van der Waals surface area contributed by atoms with Gasteiger partial charge in [0.2, 0.25) is 0 Å². The third kappa shape index (κ3) is 1.58. The van der Waals surface area contributed by atoms with Crippen LogP contribution in [0.15, 0.2) is 6.20 Å². The SMILES string of the molecule is CC(C)c1nc(C(=O)O)c[nH]1. The van der Waals surface area contributed by atoms with Crippen molar-refractivity contribution in [1.82, 2.24) is 9.97 Å². The van der Waals surface area contributed by atoms with Crippen LogP contribution < -0.4 is 0 Å². The van der Waals surface area contributed by atoms with Crippen LogP contribution in [-0.2, 0) is 0 Å². The van der Waals surface area contributed by atoms with Crippen molar-refractivity contribution in [2.75, 3.05) is 0 Å². The number of carbonyl (C=O) groups is 1. The Balaban J connectivity index is 2.90. The summed E-state index contributed by atoms with van der Waals surface area (Å²) in [7, 11) is 0. The summed E-state index contributed by atoms with van der Waals surface area (Å²) in [6.45, 7) is 3.90. The van der Waals surface area contributed by atoms with Crippen molar-refractivity contribution in [2.24, 2.45) is 0 Å². The second-order valence-electron chi connectivity index (χ2n) is 2.63. The van der Waals surface area contributed by atoms with Gasteiger partial charge in [0, 0.05) is 12.1 Å². The number of imidazole rings is 1. The van der Waals surface area contributed by atoms with Crippen molar-refractivity contribution < 1.29 is 9.90 Å². The molecule has 1 aromatic rings. The number of nitrogens with zero attached hydrogens (tertiary/aromatic N) is 1. The van der Waals surface area contributed by atoms with E-state index < -0.39 is 5.97 Å². The number of nitrogens with one attached hydrogen (secondary N) is 1. The highest BCUT2D eigenvalue weighted by Gasteiger charge is 2.09. The van der Waals surface area contributed by atoms with Crippen LogP contribution in [0.3, 0.4) is 0 Å². The van der Waals surface area contributed by atoms with Gasteiger partial charge < -0.3 is 10.1 Å². The molecular weight excluding hydrogens is 144 g/mol. The van der Waals surface area contributed by atoms with Crippen LogP contribution in [0.2, 0.25) is 0 Å². The summed E-state index contributed by atoms with van der Waals surface area (Å²) < 4.78 is 0. The van der Waals surface area contributed by atoms with Crippen molar-refractivity contribution in [3.05, 3.63) is 17.7 Å². The lowest BCUT2D eigenvalue weighted by atomic mass is 10.2. The fourth-order valence-corrected chi connectivity index (χ4v) is 0.742. The van der Waals surface area contributed by atoms with Crippen LogP contribution in [0, 0.1) is 0 Å². The van der Waals surface area contributed by atoms with Crippen molar-refractivity contribution in [3.63, 3.8) is 0 Å². The molecule has 1 rings (SSSR count). The predicted molar refractivity (Wildman–Crippen MR) is 39.6 cm³/mol. The molecule has 2 N–H and O–H groups in total. The third-order valence-corrected chi connectivity index (χ3v) is 1.36. The van der Waals surface area contributed by atoms with E-state index in [1.54, 1.807) is 0 Å². The number of aromatic amines is 1. The lowest BCUT2D eigenvalue weighted by Crippen LogP contribution is -1.97. The first kappa shape index (κ1) is 7.78. The summed E-state index contributed by atoms with van der Waals surface area (Å²) in [5.74, 6) is -0.0429. The Labute approximate surface area is 64.3 Å². The molecule has 0 aliphatic carbocycles. The summed E-state index contributed by atoms with van der Waals surface area (Å²) in [6.07, 6.45) is 1.40. The average molecular weight is 154 g/mol. The molecule has 0 atom stereocenters. The second kappa shape index (κ2) is 2.74. The van der Waals surface area contributed by atoms with Crippen molar-refractivity contribution in [3.8, 4) is 0 Å². The molecule has 0 aliphatic rings. The van der Waals surface area contributed by atoms with Gasteiger partial charge in [0.25, 0.3) is 0 Å². The van der Waals surface area contributed by atoms with E-state index in [-0.39, 0.29) is 11.6 Å². The molecule has 0 unspecified atom stereocenters. The zero-order valence-corrected chi connectivity index (χ0v) is 6.46. The zero-order chi connectivity index (χ0) is 8.43. The summed E-state index contributed by atoms with van der Waals surface area (Å²) in [5.41, 5.74) is 0.0775. The Hall–Kier alpha value is -1.32. The van der Waals surface area contributed by atoms with Crippen LogP contribution in [0.25, 0.3) is 0 Å². The summed E-state index contributed by atoms with van der Waals surface area (Å²) in [6, 6.07) is 0. The molecule has 0 amide bonds. The maximum atomic E-state index is 10.4. The minimum atomic E-state index is -0.992. The van der Waals surface area contributed by atoms with Crippen LogP contribution in [0.4, 0.5) is 0 Å². The summed E-state index contributed by atoms with van der Waals surface area (Å²) >= 11 is 0. The molecule has 4 heteroatoms. The number of rotatable bonds is 2. The molecule has 11 heavy (non-hydrogen) atoms. The minimum Gasteiger partial charge on any atom is -0.476 e. The quantitative estimate of drug-likeness (QED) is 0.673. The topological polar surface area (TPSA) is 66.0 Å². The maximum Gasteiger partial charge on any atom is 0.356 e. The molecule has 1 heterocycles. The molecule has 0 saturated carbocycles. The van der Waals surface area contributed by atoms with Crippen molar-refractivity contribution >= 4 is 5.97 Å². The number of carboxylic acid groups (broad SMARTS) is 1. The number of aromatic nitrogens is 2. The minimum absolute atomic E-state index is 0.0775. The maximum absolute atomic E-state index is 10.4. The van der Waals surface area contributed by atoms with Gasteiger partial charge in [-0.05, 0) is 0 Å². The van der Waals surface area contributed by atoms with Crippen molar-refractivity contribution in [2.45, 2.75) is 19.8 Å². The van der Waals surface area contributed by atoms with E-state index in [1.165, 1.54) is 6.20 Å². The van der Waals surface area contributed by atoms with Crippen LogP contribution in [0.5, 0.6) is 0 Å². The second-order valence-corrected chi connectivity index (χ2v) is 2.63. The Morgan fingerprint density at radius 2 is 2.36 bits per heavy atom. The van der Waals surface area contributed by atoms with Gasteiger partial charge in [-0.2, -0.15) is 0 Å². The number of hydrogen-bond donors (Lipinski definition) is 2. The Morgan fingerprint density at radius 3 is 2.64 bits per heavy atom. The van der Waals surface area contributed by atoms with Crippen LogP contribution in [-0.4, -0.2) is 21.0 Å². The van der Waals surface area contributed by atoms with Crippen LogP contribution >= 0.6 is 0 Å². The third-order valence-electron chi connectivity index (χ3n) is 1.36. The van der Waals surface area contributed by atoms with E-state index in [9.17, 15) is 4.79 Å². The van der Waals surface area contributed by atoms with Gasteiger partial charge in [0.15, 0.2) is 5.69 Å². The number of H-pyrrole nitrogens is 1. The van der Waals surface area contributed by atoms with Gasteiger partial charge in [0.1, 0.15) is 5.82 Å². The number of hydrogen-bond acceptors (Lipinski definition) is 2.